The zero-order valence-corrected chi connectivity index (χ0v) is 13.6. The van der Waals surface area contributed by atoms with E-state index in [2.05, 4.69) is 4.40 Å². The number of fused-ring (bicyclic) bond motifs is 1. The summed E-state index contributed by atoms with van der Waals surface area (Å²) in [6.45, 7) is 0.435. The Bertz CT molecular complexity index is 852. The van der Waals surface area contributed by atoms with Crippen LogP contribution in [0.25, 0.3) is 6.08 Å². The fourth-order valence-corrected chi connectivity index (χ4v) is 3.25. The molecule has 1 aromatic carbocycles. The third-order valence-electron chi connectivity index (χ3n) is 3.48. The minimum atomic E-state index is -3.39. The Morgan fingerprint density at radius 2 is 2.04 bits per heavy atom. The van der Waals surface area contributed by atoms with Gasteiger partial charge in [0.1, 0.15) is 12.4 Å². The molecule has 0 N–H and O–H groups in total. The molecule has 124 valence electrons. The van der Waals surface area contributed by atoms with Crippen LogP contribution >= 0.6 is 0 Å². The van der Waals surface area contributed by atoms with Crippen molar-refractivity contribution in [1.29, 1.82) is 0 Å². The number of benzene rings is 1. The minimum Gasteiger partial charge on any atom is -0.458 e. The summed E-state index contributed by atoms with van der Waals surface area (Å²) in [7, 11) is -3.39. The smallest absolute Gasteiger partial charge is 0.339 e. The monoisotopic (exact) mass is 344 g/mol. The summed E-state index contributed by atoms with van der Waals surface area (Å²) in [6, 6.07) is 9.71. The number of carbonyl (C=O) groups excluding carboxylic acids is 1. The number of amidine groups is 1. The maximum Gasteiger partial charge on any atom is 0.339 e. The van der Waals surface area contributed by atoms with Crippen molar-refractivity contribution in [2.45, 2.75) is 0 Å². The number of rotatable bonds is 4. The Morgan fingerprint density at radius 1 is 1.25 bits per heavy atom. The minimum absolute atomic E-state index is 0.0665. The molecule has 0 spiro atoms. The van der Waals surface area contributed by atoms with Crippen LogP contribution in [0.15, 0.2) is 64.7 Å². The molecule has 0 atom stereocenters. The molecule has 0 aliphatic carbocycles. The van der Waals surface area contributed by atoms with Crippen molar-refractivity contribution in [2.75, 3.05) is 18.9 Å². The number of hydrogen-bond donors (Lipinski definition) is 0. The average molecular weight is 344 g/mol. The van der Waals surface area contributed by atoms with E-state index in [9.17, 15) is 13.2 Å². The third-order valence-corrected chi connectivity index (χ3v) is 4.64. The second kappa shape index (κ2) is 6.84. The zero-order valence-electron chi connectivity index (χ0n) is 12.8. The van der Waals surface area contributed by atoms with Gasteiger partial charge in [-0.3, -0.25) is 0 Å². The van der Waals surface area contributed by atoms with E-state index in [0.717, 1.165) is 5.56 Å². The summed E-state index contributed by atoms with van der Waals surface area (Å²) >= 11 is 0. The lowest BCUT2D eigenvalue weighted by molar-refractivity contribution is -0.137. The van der Waals surface area contributed by atoms with E-state index in [4.69, 9.17) is 4.74 Å². The lowest BCUT2D eigenvalue weighted by Gasteiger charge is -2.26. The first-order valence-electron chi connectivity index (χ1n) is 7.41. The second-order valence-electron chi connectivity index (χ2n) is 5.26. The van der Waals surface area contributed by atoms with E-state index in [-0.39, 0.29) is 18.9 Å². The maximum absolute atomic E-state index is 12.1. The van der Waals surface area contributed by atoms with Crippen LogP contribution in [0.2, 0.25) is 0 Å². The highest BCUT2D eigenvalue weighted by Gasteiger charge is 2.25. The van der Waals surface area contributed by atoms with Crippen molar-refractivity contribution in [1.82, 2.24) is 4.90 Å². The Hall–Kier alpha value is -2.67. The van der Waals surface area contributed by atoms with E-state index in [0.29, 0.717) is 11.4 Å². The molecule has 1 aromatic rings. The van der Waals surface area contributed by atoms with E-state index in [1.807, 2.05) is 36.4 Å². The molecule has 2 heterocycles. The molecule has 0 saturated heterocycles. The van der Waals surface area contributed by atoms with Gasteiger partial charge >= 0.3 is 5.97 Å². The number of sulfonamides is 1. The molecule has 24 heavy (non-hydrogen) atoms. The zero-order chi connectivity index (χ0) is 17.0. The van der Waals surface area contributed by atoms with Crippen molar-refractivity contribution in [2.24, 2.45) is 4.40 Å². The molecule has 2 aliphatic heterocycles. The first kappa shape index (κ1) is 16.2. The quantitative estimate of drug-likeness (QED) is 0.778. The molecule has 2 aliphatic rings. The molecule has 6 nitrogen and oxygen atoms in total. The van der Waals surface area contributed by atoms with Gasteiger partial charge < -0.3 is 9.64 Å². The van der Waals surface area contributed by atoms with Crippen LogP contribution in [0, 0.1) is 0 Å². The normalized spacial score (nSPS) is 18.8. The van der Waals surface area contributed by atoms with Gasteiger partial charge in [0.05, 0.1) is 11.3 Å². The molecule has 0 unspecified atom stereocenters. The lowest BCUT2D eigenvalue weighted by atomic mass is 10.2. The SMILES string of the molecule is O=C(OC/C=C/c1ccccc1)C1=CN2CCS(=O)(=O)N=C2C=C1. The highest BCUT2D eigenvalue weighted by molar-refractivity contribution is 7.90. The van der Waals surface area contributed by atoms with Crippen molar-refractivity contribution in [3.8, 4) is 0 Å². The van der Waals surface area contributed by atoms with Gasteiger partial charge in [-0.1, -0.05) is 36.4 Å². The number of nitrogens with zero attached hydrogens (tertiary/aromatic N) is 2. The van der Waals surface area contributed by atoms with Crippen molar-refractivity contribution in [3.05, 3.63) is 65.9 Å². The van der Waals surface area contributed by atoms with E-state index < -0.39 is 16.0 Å². The standard InChI is InChI=1S/C17H16N2O4S/c20-17(23-11-4-7-14-5-2-1-3-6-14)15-8-9-16-18-24(21,22)12-10-19(16)13-15/h1-9,13H,10-12H2/b7-4+. The van der Waals surface area contributed by atoms with Gasteiger partial charge in [-0.25, -0.2) is 13.2 Å². The summed E-state index contributed by atoms with van der Waals surface area (Å²) in [5, 5.41) is 0. The molecule has 0 aromatic heterocycles. The summed E-state index contributed by atoms with van der Waals surface area (Å²) in [5.41, 5.74) is 1.39. The summed E-state index contributed by atoms with van der Waals surface area (Å²) in [6.07, 6.45) is 8.22. The Kier molecular flexibility index (Phi) is 4.61. The molecule has 3 rings (SSSR count). The van der Waals surface area contributed by atoms with Crippen molar-refractivity contribution >= 4 is 27.9 Å². The lowest BCUT2D eigenvalue weighted by Crippen LogP contribution is -2.37. The topological polar surface area (TPSA) is 76.0 Å². The molecule has 0 fully saturated rings. The van der Waals surface area contributed by atoms with Crippen molar-refractivity contribution < 1.29 is 17.9 Å². The van der Waals surface area contributed by atoms with Gasteiger partial charge in [0.25, 0.3) is 10.0 Å². The summed E-state index contributed by atoms with van der Waals surface area (Å²) in [4.78, 5) is 13.7. The number of hydrogen-bond acceptors (Lipinski definition) is 5. The van der Waals surface area contributed by atoms with Gasteiger partial charge in [0.15, 0.2) is 0 Å². The first-order chi connectivity index (χ1) is 11.5. The second-order valence-corrected chi connectivity index (χ2v) is 7.01. The number of ether oxygens (including phenoxy) is 1. The Labute approximate surface area is 140 Å². The van der Waals surface area contributed by atoms with Crippen LogP contribution in [-0.2, 0) is 19.6 Å². The highest BCUT2D eigenvalue weighted by atomic mass is 32.2. The Morgan fingerprint density at radius 3 is 2.83 bits per heavy atom. The highest BCUT2D eigenvalue weighted by Crippen LogP contribution is 2.16. The number of carbonyl (C=O) groups is 1. The van der Waals surface area contributed by atoms with Crippen LogP contribution in [-0.4, -0.2) is 44.0 Å². The van der Waals surface area contributed by atoms with E-state index in [1.165, 1.54) is 12.2 Å². The summed E-state index contributed by atoms with van der Waals surface area (Å²) < 4.78 is 31.7. The van der Waals surface area contributed by atoms with Gasteiger partial charge in [-0.05, 0) is 23.8 Å². The van der Waals surface area contributed by atoms with Crippen LogP contribution in [0.4, 0.5) is 0 Å². The maximum atomic E-state index is 12.1. The third kappa shape index (κ3) is 3.99. The fraction of sp³-hybridized carbons (Fsp3) is 0.176. The van der Waals surface area contributed by atoms with Gasteiger partial charge in [-0.15, -0.1) is 4.40 Å². The molecule has 0 radical (unpaired) electrons. The van der Waals surface area contributed by atoms with Crippen LogP contribution < -0.4 is 0 Å². The van der Waals surface area contributed by atoms with E-state index in [1.54, 1.807) is 17.2 Å². The average Bonchev–Trinajstić information content (AvgIpc) is 2.58. The summed E-state index contributed by atoms with van der Waals surface area (Å²) in [5.74, 6) is -0.207. The largest absolute Gasteiger partial charge is 0.458 e. The van der Waals surface area contributed by atoms with Gasteiger partial charge in [0, 0.05) is 12.7 Å². The van der Waals surface area contributed by atoms with Crippen molar-refractivity contribution in [3.63, 3.8) is 0 Å². The predicted octanol–water partition coefficient (Wildman–Crippen LogP) is 1.74. The van der Waals surface area contributed by atoms with Crippen LogP contribution in [0.3, 0.4) is 0 Å². The molecule has 0 saturated carbocycles. The fourth-order valence-electron chi connectivity index (χ4n) is 2.28. The molecule has 7 heteroatoms. The van der Waals surface area contributed by atoms with Crippen LogP contribution in [0.1, 0.15) is 5.56 Å². The predicted molar refractivity (Wildman–Crippen MR) is 91.6 cm³/mol. The van der Waals surface area contributed by atoms with Crippen LogP contribution in [0.5, 0.6) is 0 Å². The number of esters is 1. The molecular weight excluding hydrogens is 328 g/mol. The molecule has 0 amide bonds. The van der Waals surface area contributed by atoms with Gasteiger partial charge in [-0.2, -0.15) is 0 Å². The first-order valence-corrected chi connectivity index (χ1v) is 9.02. The molecular formula is C17H16N2O4S. The van der Waals surface area contributed by atoms with E-state index >= 15 is 0 Å². The Balaban J connectivity index is 1.58. The van der Waals surface area contributed by atoms with Gasteiger partial charge in [0.2, 0.25) is 0 Å². The molecule has 0 bridgehead atoms.